The van der Waals surface area contributed by atoms with Crippen molar-refractivity contribution < 1.29 is 32.9 Å². The van der Waals surface area contributed by atoms with Gasteiger partial charge in [0, 0.05) is 6.20 Å². The normalized spacial score (nSPS) is 12.2. The summed E-state index contributed by atoms with van der Waals surface area (Å²) in [6.07, 6.45) is 1.90. The number of pyridine rings is 1. The molecule has 0 amide bonds. The molecule has 11 aromatic carbocycles. The molecule has 9 heteroatoms. The van der Waals surface area contributed by atoms with Crippen LogP contribution in [0, 0.1) is 15.9 Å². The molecule has 8 nitrogen and oxygen atoms in total. The predicted octanol–water partition coefficient (Wildman–Crippen LogP) is 19.9. The van der Waals surface area contributed by atoms with Crippen LogP contribution in [0.4, 0.5) is 0 Å². The van der Waals surface area contributed by atoms with E-state index in [9.17, 15) is 0 Å². The van der Waals surface area contributed by atoms with Crippen LogP contribution in [0.1, 0.15) is 26.3 Å². The van der Waals surface area contributed by atoms with E-state index in [1.807, 2.05) is 36.5 Å². The van der Waals surface area contributed by atoms with Gasteiger partial charge < -0.3 is 0 Å². The molecule has 0 saturated carbocycles. The van der Waals surface area contributed by atoms with E-state index in [0.29, 0.717) is 11.5 Å². The summed E-state index contributed by atoms with van der Waals surface area (Å²) in [6.45, 7) is 6.68. The molecular formula is C76H49N5O3Pt-2. The molecular weight excluding hydrogens is 1230 g/mol. The van der Waals surface area contributed by atoms with E-state index < -0.39 is 0 Å². The fourth-order valence-corrected chi connectivity index (χ4v) is 14.1. The molecule has 17 rings (SSSR count). The number of hydrogen-bond acceptors (Lipinski definition) is 4. The first-order chi connectivity index (χ1) is 41.7. The molecule has 0 fully saturated rings. The van der Waals surface area contributed by atoms with E-state index in [-0.39, 0.29) is 5.41 Å². The molecule has 6 heterocycles. The van der Waals surface area contributed by atoms with E-state index in [1.165, 1.54) is 16.3 Å². The Hall–Kier alpha value is -10.3. The maximum absolute atomic E-state index is 7.03. The molecule has 0 aliphatic rings. The molecule has 0 aliphatic heterocycles. The van der Waals surface area contributed by atoms with Crippen molar-refractivity contribution in [3.8, 4) is 56.6 Å². The summed E-state index contributed by atoms with van der Waals surface area (Å²) >= 11 is 2.51. The fraction of sp³-hybridized carbons (Fsp3) is 0.0526. The van der Waals surface area contributed by atoms with Crippen molar-refractivity contribution in [2.24, 2.45) is 0 Å². The molecule has 408 valence electrons. The molecule has 0 aliphatic carbocycles. The van der Waals surface area contributed by atoms with Crippen molar-refractivity contribution in [3.05, 3.63) is 264 Å². The fourth-order valence-electron chi connectivity index (χ4n) is 13.0. The van der Waals surface area contributed by atoms with Gasteiger partial charge in [-0.2, -0.15) is 0 Å². The van der Waals surface area contributed by atoms with Gasteiger partial charge in [-0.05, 0) is 17.0 Å². The number of ether oxygens (including phenoxy) is 1. The van der Waals surface area contributed by atoms with Gasteiger partial charge in [0.1, 0.15) is 0 Å². The van der Waals surface area contributed by atoms with Gasteiger partial charge in [0.25, 0.3) is 0 Å². The van der Waals surface area contributed by atoms with E-state index in [2.05, 4.69) is 277 Å². The second-order valence-electron chi connectivity index (χ2n) is 22.8. The van der Waals surface area contributed by atoms with E-state index in [1.54, 1.807) is 0 Å². The first-order valence-corrected chi connectivity index (χ1v) is 29.6. The number of nitrogens with zero attached hydrogens (tertiary/aromatic N) is 5. The van der Waals surface area contributed by atoms with Crippen LogP contribution in [0.2, 0.25) is 0 Å². The number of furan rings is 2. The second kappa shape index (κ2) is 18.9. The summed E-state index contributed by atoms with van der Waals surface area (Å²) in [4.78, 5) is 4.92. The molecule has 0 atom stereocenters. The molecule has 85 heavy (non-hydrogen) atoms. The van der Waals surface area contributed by atoms with Gasteiger partial charge in [-0.1, -0.05) is 32.9 Å². The molecule has 6 aromatic heterocycles. The zero-order chi connectivity index (χ0) is 56.7. The number of aromatic nitrogens is 5. The average molecular weight is 1280 g/mol. The van der Waals surface area contributed by atoms with Crippen molar-refractivity contribution in [1.29, 1.82) is 0 Å². The molecule has 0 N–H and O–H groups in total. The van der Waals surface area contributed by atoms with Crippen LogP contribution in [0.3, 0.4) is 0 Å². The summed E-state index contributed by atoms with van der Waals surface area (Å²) in [5, 5.41) is 8.75. The Morgan fingerprint density at radius 2 is 0.906 bits per heavy atom. The average Bonchev–Trinajstić information content (AvgIpc) is 2.11. The SMILES string of the molecule is CC(C)(C)c1ccnc(-n2c3[c-]c(Oc4[c-]c(-n5[c](=[Pt])n(-c6c(-c7cccc8c7oc7ccccc78)cc(-n7c8ccccc8c8ccccc87)cc6-c6cccc7c6oc6ccccc67)c6ccccc65)ccc4)ccc3c3ccccc32)c1. The van der Waals surface area contributed by atoms with Crippen molar-refractivity contribution in [2.45, 2.75) is 26.2 Å². The Bertz CT molecular complexity index is 5490. The van der Waals surface area contributed by atoms with E-state index >= 15 is 0 Å². The van der Waals surface area contributed by atoms with E-state index in [0.717, 1.165) is 137 Å². The summed E-state index contributed by atoms with van der Waals surface area (Å²) in [5.41, 5.74) is 17.2. The van der Waals surface area contributed by atoms with Gasteiger partial charge in [-0.3, -0.25) is 0 Å². The Balaban J connectivity index is 0.914. The zero-order valence-corrected chi connectivity index (χ0v) is 48.6. The van der Waals surface area contributed by atoms with Crippen LogP contribution in [0.25, 0.3) is 144 Å². The minimum absolute atomic E-state index is 0.0602. The third-order valence-corrected chi connectivity index (χ3v) is 17.9. The minimum atomic E-state index is -0.0602. The first kappa shape index (κ1) is 49.3. The first-order valence-electron chi connectivity index (χ1n) is 28.5. The summed E-state index contributed by atoms with van der Waals surface area (Å²) < 4.78 is 31.1. The van der Waals surface area contributed by atoms with Crippen molar-refractivity contribution in [3.63, 3.8) is 0 Å². The quantitative estimate of drug-likeness (QED) is 0.142. The molecule has 0 unspecified atom stereocenters. The zero-order valence-electron chi connectivity index (χ0n) is 46.4. The van der Waals surface area contributed by atoms with Gasteiger partial charge in [-0.25, -0.2) is 0 Å². The van der Waals surface area contributed by atoms with Crippen LogP contribution in [0.5, 0.6) is 11.5 Å². The predicted molar refractivity (Wildman–Crippen MR) is 341 cm³/mol. The number of fused-ring (bicyclic) bond motifs is 13. The summed E-state index contributed by atoms with van der Waals surface area (Å²) in [7, 11) is 0. The number of rotatable bonds is 8. The number of hydrogen-bond donors (Lipinski definition) is 0. The Labute approximate surface area is 498 Å². The Morgan fingerprint density at radius 3 is 1.51 bits per heavy atom. The molecule has 0 radical (unpaired) electrons. The standard InChI is InChI=1S/C76H49N5O3.Pt/c1-76(2,3)47-39-40-77-72(41-47)81-66-32-11-6-23-54(66)55-38-37-51(45-69(55)81)82-50-20-16-19-48(42-50)78-46-79(68-34-13-12-33-67(68)78)73-62(60-28-17-26-58-56-24-7-14-35-70(56)83-74(58)60)43-49(80-64-30-9-4-21-52(64)53-22-5-10-31-65(53)80)44-63(73)61-29-18-27-59-57-25-8-15-36-71(57)84-75(59)61;/h4-41,43-44H,1-3H3;/q-2;. The Morgan fingerprint density at radius 1 is 0.412 bits per heavy atom. The number of benzene rings is 11. The molecule has 0 bridgehead atoms. The Kier molecular flexibility index (Phi) is 11.0. The van der Waals surface area contributed by atoms with Crippen molar-refractivity contribution in [1.82, 2.24) is 23.3 Å². The van der Waals surface area contributed by atoms with Crippen LogP contribution < -0.4 is 4.74 Å². The second-order valence-corrected chi connectivity index (χ2v) is 23.8. The van der Waals surface area contributed by atoms with Gasteiger partial charge >= 0.3 is 446 Å². The van der Waals surface area contributed by atoms with Crippen LogP contribution >= 0.6 is 0 Å². The molecule has 17 aromatic rings. The van der Waals surface area contributed by atoms with Gasteiger partial charge in [0.2, 0.25) is 0 Å². The number of para-hydroxylation sites is 9. The number of imidazole rings is 1. The van der Waals surface area contributed by atoms with Crippen molar-refractivity contribution >= 4 is 98.5 Å². The van der Waals surface area contributed by atoms with Gasteiger partial charge in [-0.15, -0.1) is 0 Å². The third kappa shape index (κ3) is 7.65. The summed E-state index contributed by atoms with van der Waals surface area (Å²) in [6, 6.07) is 90.9. The van der Waals surface area contributed by atoms with Crippen LogP contribution in [0.15, 0.2) is 252 Å². The van der Waals surface area contributed by atoms with Crippen LogP contribution in [-0.4, -0.2) is 23.3 Å². The monoisotopic (exact) mass is 1270 g/mol. The summed E-state index contributed by atoms with van der Waals surface area (Å²) in [5.74, 6) is 1.95. The van der Waals surface area contributed by atoms with E-state index in [4.69, 9.17) is 18.6 Å². The molecule has 0 spiro atoms. The topological polar surface area (TPSA) is 68.1 Å². The maximum atomic E-state index is 7.03. The van der Waals surface area contributed by atoms with Crippen LogP contribution in [-0.2, 0) is 24.8 Å². The molecule has 0 saturated heterocycles. The van der Waals surface area contributed by atoms with Gasteiger partial charge in [0.05, 0.1) is 0 Å². The third-order valence-electron chi connectivity index (χ3n) is 16.9. The van der Waals surface area contributed by atoms with Gasteiger partial charge in [0.15, 0.2) is 0 Å². The van der Waals surface area contributed by atoms with Crippen molar-refractivity contribution in [2.75, 3.05) is 0 Å².